The molecular weight excluding hydrogens is 244 g/mol. The van der Waals surface area contributed by atoms with Crippen molar-refractivity contribution in [3.05, 3.63) is 35.9 Å². The molecule has 1 rings (SSSR count). The third-order valence-corrected chi connectivity index (χ3v) is 2.28. The fourth-order valence-corrected chi connectivity index (χ4v) is 1.42. The lowest BCUT2D eigenvalue weighted by Crippen LogP contribution is -2.03. The van der Waals surface area contributed by atoms with Crippen LogP contribution in [0, 0.1) is 11.3 Å². The average molecular weight is 260 g/mol. The number of esters is 1. The fraction of sp³-hybridized carbons (Fsp3) is 0.286. The molecular formula is C14H16N2O3. The van der Waals surface area contributed by atoms with Gasteiger partial charge >= 0.3 is 5.97 Å². The van der Waals surface area contributed by atoms with Crippen LogP contribution in [0.5, 0.6) is 5.75 Å². The molecule has 1 aromatic rings. The molecule has 0 unspecified atom stereocenters. The highest BCUT2D eigenvalue weighted by Gasteiger charge is 2.03. The normalized spacial score (nSPS) is 9.95. The molecule has 1 aromatic carbocycles. The van der Waals surface area contributed by atoms with Gasteiger partial charge in [-0.15, -0.1) is 0 Å². The number of benzene rings is 1. The maximum atomic E-state index is 11.1. The number of carbonyl (C=O) groups excluding carboxylic acids is 1. The SMILES string of the molecule is CCOC(=O)/C=C/CNc1ccc(C#N)cc1OC. The van der Waals surface area contributed by atoms with Gasteiger partial charge in [-0.3, -0.25) is 0 Å². The van der Waals surface area contributed by atoms with E-state index in [-0.39, 0.29) is 5.97 Å². The van der Waals surface area contributed by atoms with Gasteiger partial charge in [0.05, 0.1) is 31.0 Å². The third-order valence-electron chi connectivity index (χ3n) is 2.28. The molecule has 0 atom stereocenters. The molecule has 0 heterocycles. The minimum absolute atomic E-state index is 0.361. The molecule has 0 fully saturated rings. The standard InChI is InChI=1S/C14H16N2O3/c1-3-19-14(17)5-4-8-16-12-7-6-11(10-15)9-13(12)18-2/h4-7,9,16H,3,8H2,1-2H3/b5-4+. The van der Waals surface area contributed by atoms with Crippen LogP contribution in [0.3, 0.4) is 0 Å². The Hall–Kier alpha value is -2.48. The van der Waals surface area contributed by atoms with E-state index in [1.807, 2.05) is 6.07 Å². The second-order valence-corrected chi connectivity index (χ2v) is 3.56. The Kier molecular flexibility index (Phi) is 5.96. The highest BCUT2D eigenvalue weighted by Crippen LogP contribution is 2.24. The van der Waals surface area contributed by atoms with E-state index in [0.29, 0.717) is 24.5 Å². The largest absolute Gasteiger partial charge is 0.495 e. The van der Waals surface area contributed by atoms with Crippen molar-refractivity contribution in [1.29, 1.82) is 5.26 Å². The highest BCUT2D eigenvalue weighted by atomic mass is 16.5. The molecule has 100 valence electrons. The van der Waals surface area contributed by atoms with Crippen molar-refractivity contribution in [2.24, 2.45) is 0 Å². The lowest BCUT2D eigenvalue weighted by atomic mass is 10.2. The Balaban J connectivity index is 2.58. The first kappa shape index (κ1) is 14.6. The van der Waals surface area contributed by atoms with Gasteiger partial charge in [0.15, 0.2) is 0 Å². The van der Waals surface area contributed by atoms with Gasteiger partial charge in [-0.25, -0.2) is 4.79 Å². The lowest BCUT2D eigenvalue weighted by molar-refractivity contribution is -0.137. The van der Waals surface area contributed by atoms with Crippen molar-refractivity contribution in [2.75, 3.05) is 25.6 Å². The zero-order valence-electron chi connectivity index (χ0n) is 11.0. The predicted octanol–water partition coefficient (Wildman–Crippen LogP) is 2.10. The number of nitrogens with one attached hydrogen (secondary N) is 1. The molecule has 0 bridgehead atoms. The Labute approximate surface area is 112 Å². The van der Waals surface area contributed by atoms with Gasteiger partial charge in [0, 0.05) is 18.7 Å². The van der Waals surface area contributed by atoms with Crippen molar-refractivity contribution >= 4 is 11.7 Å². The smallest absolute Gasteiger partial charge is 0.330 e. The van der Waals surface area contributed by atoms with Crippen LogP contribution in [0.25, 0.3) is 0 Å². The number of anilines is 1. The number of hydrogen-bond donors (Lipinski definition) is 1. The number of carbonyl (C=O) groups is 1. The second kappa shape index (κ2) is 7.77. The molecule has 0 spiro atoms. The fourth-order valence-electron chi connectivity index (χ4n) is 1.42. The number of rotatable bonds is 6. The van der Waals surface area contributed by atoms with Crippen LogP contribution in [0.2, 0.25) is 0 Å². The van der Waals surface area contributed by atoms with Crippen molar-refractivity contribution in [1.82, 2.24) is 0 Å². The summed E-state index contributed by atoms with van der Waals surface area (Å²) in [5, 5.41) is 11.9. The minimum Gasteiger partial charge on any atom is -0.495 e. The van der Waals surface area contributed by atoms with Crippen molar-refractivity contribution in [2.45, 2.75) is 6.92 Å². The Bertz CT molecular complexity index is 504. The lowest BCUT2D eigenvalue weighted by Gasteiger charge is -2.09. The Morgan fingerprint density at radius 2 is 2.32 bits per heavy atom. The van der Waals surface area contributed by atoms with E-state index < -0.39 is 0 Å². The monoisotopic (exact) mass is 260 g/mol. The van der Waals surface area contributed by atoms with Gasteiger partial charge in [-0.05, 0) is 19.1 Å². The van der Waals surface area contributed by atoms with E-state index in [2.05, 4.69) is 5.32 Å². The van der Waals surface area contributed by atoms with E-state index in [4.69, 9.17) is 14.7 Å². The maximum Gasteiger partial charge on any atom is 0.330 e. The number of methoxy groups -OCH3 is 1. The van der Waals surface area contributed by atoms with Gasteiger partial charge < -0.3 is 14.8 Å². The Morgan fingerprint density at radius 1 is 1.53 bits per heavy atom. The molecule has 0 saturated heterocycles. The highest BCUT2D eigenvalue weighted by molar-refractivity contribution is 5.82. The van der Waals surface area contributed by atoms with Crippen LogP contribution in [0.4, 0.5) is 5.69 Å². The predicted molar refractivity (Wildman–Crippen MR) is 72.0 cm³/mol. The Morgan fingerprint density at radius 3 is 2.95 bits per heavy atom. The van der Waals surface area contributed by atoms with Gasteiger partial charge in [-0.2, -0.15) is 5.26 Å². The third kappa shape index (κ3) is 4.72. The molecule has 0 aliphatic rings. The summed E-state index contributed by atoms with van der Waals surface area (Å²) >= 11 is 0. The van der Waals surface area contributed by atoms with Gasteiger partial charge in [0.1, 0.15) is 5.75 Å². The quantitative estimate of drug-likeness (QED) is 0.626. The molecule has 5 nitrogen and oxygen atoms in total. The summed E-state index contributed by atoms with van der Waals surface area (Å²) in [5.41, 5.74) is 1.29. The number of hydrogen-bond acceptors (Lipinski definition) is 5. The average Bonchev–Trinajstić information content (AvgIpc) is 2.44. The molecule has 0 aliphatic carbocycles. The van der Waals surface area contributed by atoms with Crippen LogP contribution >= 0.6 is 0 Å². The van der Waals surface area contributed by atoms with E-state index in [1.165, 1.54) is 13.2 Å². The number of nitriles is 1. The topological polar surface area (TPSA) is 71.3 Å². The minimum atomic E-state index is -0.365. The molecule has 0 aliphatic heterocycles. The summed E-state index contributed by atoms with van der Waals surface area (Å²) < 4.78 is 9.93. The van der Waals surface area contributed by atoms with Crippen molar-refractivity contribution < 1.29 is 14.3 Å². The van der Waals surface area contributed by atoms with Crippen molar-refractivity contribution in [3.63, 3.8) is 0 Å². The summed E-state index contributed by atoms with van der Waals surface area (Å²) in [6, 6.07) is 7.15. The van der Waals surface area contributed by atoms with Gasteiger partial charge in [0.25, 0.3) is 0 Å². The van der Waals surface area contributed by atoms with Crippen molar-refractivity contribution in [3.8, 4) is 11.8 Å². The van der Waals surface area contributed by atoms with E-state index in [9.17, 15) is 4.79 Å². The van der Waals surface area contributed by atoms with E-state index >= 15 is 0 Å². The van der Waals surface area contributed by atoms with Crippen LogP contribution in [-0.2, 0) is 9.53 Å². The molecule has 0 amide bonds. The summed E-state index contributed by atoms with van der Waals surface area (Å²) in [4.78, 5) is 11.1. The summed E-state index contributed by atoms with van der Waals surface area (Å²) in [7, 11) is 1.54. The first-order valence-corrected chi connectivity index (χ1v) is 5.86. The molecule has 5 heteroatoms. The molecule has 0 aromatic heterocycles. The first-order valence-electron chi connectivity index (χ1n) is 5.86. The molecule has 0 radical (unpaired) electrons. The number of ether oxygens (including phenoxy) is 2. The first-order chi connectivity index (χ1) is 9.21. The second-order valence-electron chi connectivity index (χ2n) is 3.56. The van der Waals surface area contributed by atoms with Crippen LogP contribution in [-0.4, -0.2) is 26.2 Å². The summed E-state index contributed by atoms with van der Waals surface area (Å²) in [5.74, 6) is 0.222. The molecule has 0 saturated carbocycles. The van der Waals surface area contributed by atoms with Crippen LogP contribution < -0.4 is 10.1 Å². The summed E-state index contributed by atoms with van der Waals surface area (Å²) in [6.45, 7) is 2.58. The zero-order valence-corrected chi connectivity index (χ0v) is 11.0. The number of nitrogens with zero attached hydrogens (tertiary/aromatic N) is 1. The maximum absolute atomic E-state index is 11.1. The zero-order chi connectivity index (χ0) is 14.1. The van der Waals surface area contributed by atoms with E-state index in [1.54, 1.807) is 31.2 Å². The van der Waals surface area contributed by atoms with Crippen LogP contribution in [0.1, 0.15) is 12.5 Å². The molecule has 1 N–H and O–H groups in total. The molecule has 19 heavy (non-hydrogen) atoms. The van der Waals surface area contributed by atoms with Gasteiger partial charge in [-0.1, -0.05) is 6.08 Å². The van der Waals surface area contributed by atoms with E-state index in [0.717, 1.165) is 5.69 Å². The summed E-state index contributed by atoms with van der Waals surface area (Å²) in [6.07, 6.45) is 3.03. The van der Waals surface area contributed by atoms with Crippen LogP contribution in [0.15, 0.2) is 30.4 Å². The van der Waals surface area contributed by atoms with Gasteiger partial charge in [0.2, 0.25) is 0 Å².